The highest BCUT2D eigenvalue weighted by atomic mass is 32.2. The van der Waals surface area contributed by atoms with E-state index in [0.717, 1.165) is 18.2 Å². The maximum absolute atomic E-state index is 11.9. The number of rotatable bonds is 6. The maximum Gasteiger partial charge on any atom is 0.298 e. The Morgan fingerprint density at radius 1 is 0.743 bits per heavy atom. The molecule has 0 heterocycles. The minimum atomic E-state index is -5.22. The Morgan fingerprint density at radius 2 is 1.31 bits per heavy atom. The fourth-order valence-corrected chi connectivity index (χ4v) is 4.94. The number of phenolic OH excluding ortho intramolecular Hbond substituents is 2. The molecule has 35 heavy (non-hydrogen) atoms. The molecule has 0 aliphatic heterocycles. The Balaban J connectivity index is 2.42. The van der Waals surface area contributed by atoms with Crippen LogP contribution in [-0.2, 0) is 30.4 Å². The average Bonchev–Trinajstić information content (AvgIpc) is 2.70. The molecule has 186 valence electrons. The van der Waals surface area contributed by atoms with Crippen LogP contribution in [0.2, 0.25) is 0 Å². The van der Waals surface area contributed by atoms with Gasteiger partial charge in [-0.05, 0) is 17.5 Å². The molecule has 19 heteroatoms. The number of non-ortho nitro benzene ring substituents is 1. The van der Waals surface area contributed by atoms with Crippen LogP contribution in [0.4, 0.5) is 17.1 Å². The third-order valence-electron chi connectivity index (χ3n) is 4.38. The van der Waals surface area contributed by atoms with Crippen LogP contribution in [0.25, 0.3) is 10.8 Å². The molecule has 0 saturated carbocycles. The van der Waals surface area contributed by atoms with E-state index in [-0.39, 0.29) is 5.39 Å². The van der Waals surface area contributed by atoms with Crippen LogP contribution >= 0.6 is 0 Å². The van der Waals surface area contributed by atoms with E-state index in [1.165, 1.54) is 0 Å². The molecule has 0 atom stereocenters. The van der Waals surface area contributed by atoms with Crippen molar-refractivity contribution in [2.45, 2.75) is 14.7 Å². The van der Waals surface area contributed by atoms with E-state index in [1.807, 2.05) is 0 Å². The van der Waals surface area contributed by atoms with Gasteiger partial charge in [-0.2, -0.15) is 25.3 Å². The van der Waals surface area contributed by atoms with Crippen LogP contribution in [0.15, 0.2) is 61.3 Å². The molecule has 0 amide bonds. The summed E-state index contributed by atoms with van der Waals surface area (Å²) in [6.07, 6.45) is 0. The normalized spacial score (nSPS) is 12.9. The number of nitro groups is 1. The first-order chi connectivity index (χ1) is 15.9. The van der Waals surface area contributed by atoms with Gasteiger partial charge in [0.1, 0.15) is 26.1 Å². The van der Waals surface area contributed by atoms with Crippen molar-refractivity contribution in [2.24, 2.45) is 10.2 Å². The van der Waals surface area contributed by atoms with Gasteiger partial charge in [-0.15, -0.1) is 10.2 Å². The molecule has 5 N–H and O–H groups in total. The van der Waals surface area contributed by atoms with Crippen molar-refractivity contribution in [3.05, 3.63) is 46.5 Å². The van der Waals surface area contributed by atoms with Crippen LogP contribution < -0.4 is 0 Å². The second-order valence-electron chi connectivity index (χ2n) is 6.62. The SMILES string of the molecule is O=[N+]([O-])c1cc(N=Nc2c(S(=O)(=O)O)cc3cccc(S(=O)(=O)O)c3c2O)c(O)c(S(=O)(=O)O)c1. The van der Waals surface area contributed by atoms with Gasteiger partial charge in [-0.3, -0.25) is 23.8 Å². The number of benzene rings is 3. The molecule has 0 aromatic heterocycles. The van der Waals surface area contributed by atoms with Crippen LogP contribution in [0.1, 0.15) is 0 Å². The van der Waals surface area contributed by atoms with Crippen molar-refractivity contribution in [1.29, 1.82) is 0 Å². The van der Waals surface area contributed by atoms with Crippen LogP contribution in [-0.4, -0.2) is 54.0 Å². The predicted molar refractivity (Wildman–Crippen MR) is 114 cm³/mol. The summed E-state index contributed by atoms with van der Waals surface area (Å²) in [6.45, 7) is 0. The minimum Gasteiger partial charge on any atom is -0.505 e. The minimum absolute atomic E-state index is 0.291. The third kappa shape index (κ3) is 5.03. The number of azo groups is 1. The summed E-state index contributed by atoms with van der Waals surface area (Å²) in [6, 6.07) is 4.46. The zero-order valence-corrected chi connectivity index (χ0v) is 19.0. The van der Waals surface area contributed by atoms with Crippen LogP contribution in [0, 0.1) is 10.1 Å². The van der Waals surface area contributed by atoms with Crippen molar-refractivity contribution >= 4 is 58.2 Å². The van der Waals surface area contributed by atoms with Gasteiger partial charge in [0.25, 0.3) is 36.0 Å². The molecule has 16 nitrogen and oxygen atoms in total. The largest absolute Gasteiger partial charge is 0.505 e. The average molecular weight is 549 g/mol. The number of hydrogen-bond acceptors (Lipinski definition) is 12. The van der Waals surface area contributed by atoms with E-state index in [2.05, 4.69) is 10.2 Å². The molecule has 0 aliphatic carbocycles. The molecule has 3 aromatic rings. The van der Waals surface area contributed by atoms with E-state index in [1.54, 1.807) is 0 Å². The van der Waals surface area contributed by atoms with Gasteiger partial charge < -0.3 is 10.2 Å². The molecule has 0 radical (unpaired) electrons. The van der Waals surface area contributed by atoms with E-state index in [4.69, 9.17) is 0 Å². The lowest BCUT2D eigenvalue weighted by Crippen LogP contribution is -2.02. The topological polar surface area (TPSA) is 271 Å². The highest BCUT2D eigenvalue weighted by molar-refractivity contribution is 7.86. The van der Waals surface area contributed by atoms with Gasteiger partial charge >= 0.3 is 0 Å². The molecule has 3 aromatic carbocycles. The Morgan fingerprint density at radius 3 is 1.83 bits per heavy atom. The summed E-state index contributed by atoms with van der Waals surface area (Å²) in [5.41, 5.74) is -3.15. The maximum atomic E-state index is 11.9. The molecule has 3 rings (SSSR count). The summed E-state index contributed by atoms with van der Waals surface area (Å²) in [4.78, 5) is 6.57. The quantitative estimate of drug-likeness (QED) is 0.128. The first-order valence-corrected chi connectivity index (χ1v) is 12.9. The third-order valence-corrected chi connectivity index (χ3v) is 7.01. The summed E-state index contributed by atoms with van der Waals surface area (Å²) in [5.74, 6) is -2.60. The fraction of sp³-hybridized carbons (Fsp3) is 0. The summed E-state index contributed by atoms with van der Waals surface area (Å²) >= 11 is 0. The summed E-state index contributed by atoms with van der Waals surface area (Å²) < 4.78 is 98.2. The number of nitrogens with zero attached hydrogens (tertiary/aromatic N) is 3. The zero-order chi connectivity index (χ0) is 26.5. The number of hydrogen-bond donors (Lipinski definition) is 5. The number of phenols is 2. The lowest BCUT2D eigenvalue weighted by atomic mass is 10.1. The Hall–Kier alpha value is -3.75. The smallest absolute Gasteiger partial charge is 0.298 e. The lowest BCUT2D eigenvalue weighted by Gasteiger charge is -2.11. The first-order valence-electron chi connectivity index (χ1n) is 8.57. The summed E-state index contributed by atoms with van der Waals surface area (Å²) in [7, 11) is -15.4. The molecular weight excluding hydrogens is 538 g/mol. The van der Waals surface area contributed by atoms with Crippen molar-refractivity contribution in [3.63, 3.8) is 0 Å². The number of fused-ring (bicyclic) bond motifs is 1. The van der Waals surface area contributed by atoms with Crippen LogP contribution in [0.3, 0.4) is 0 Å². The van der Waals surface area contributed by atoms with Crippen molar-refractivity contribution < 1.29 is 54.0 Å². The standard InChI is InChI=1S/C16H11N3O13S3/c20-15-9(5-8(19(22)23)6-12(15)35(30,31)32)17-18-14-11(34(27,28)29)4-7-2-1-3-10(33(24,25)26)13(7)16(14)21/h1-6,20-21H,(H,24,25,26)(H,27,28,29)(H,30,31,32). The number of aromatic hydroxyl groups is 2. The highest BCUT2D eigenvalue weighted by Gasteiger charge is 2.27. The fourth-order valence-electron chi connectivity index (χ4n) is 2.94. The molecule has 0 bridgehead atoms. The van der Waals surface area contributed by atoms with Crippen LogP contribution in [0.5, 0.6) is 11.5 Å². The van der Waals surface area contributed by atoms with Gasteiger partial charge in [-0.1, -0.05) is 12.1 Å². The van der Waals surface area contributed by atoms with E-state index in [0.29, 0.717) is 18.2 Å². The second kappa shape index (κ2) is 8.48. The Labute approximate surface area is 195 Å². The van der Waals surface area contributed by atoms with Gasteiger partial charge in [0.2, 0.25) is 0 Å². The van der Waals surface area contributed by atoms with Gasteiger partial charge in [0.05, 0.1) is 4.92 Å². The zero-order valence-electron chi connectivity index (χ0n) is 16.5. The monoisotopic (exact) mass is 549 g/mol. The Kier molecular flexibility index (Phi) is 6.27. The van der Waals surface area contributed by atoms with Crippen molar-refractivity contribution in [2.75, 3.05) is 0 Å². The molecule has 0 aliphatic rings. The van der Waals surface area contributed by atoms with Crippen molar-refractivity contribution in [3.8, 4) is 11.5 Å². The summed E-state index contributed by atoms with van der Waals surface area (Å²) in [5, 5.41) is 37.4. The Bertz CT molecular complexity index is 1760. The van der Waals surface area contributed by atoms with Gasteiger partial charge in [-0.25, -0.2) is 0 Å². The first kappa shape index (κ1) is 25.9. The highest BCUT2D eigenvalue weighted by Crippen LogP contribution is 2.45. The molecule has 0 fully saturated rings. The predicted octanol–water partition coefficient (Wildman–Crippen LogP) is 2.31. The molecule has 0 saturated heterocycles. The van der Waals surface area contributed by atoms with E-state index < -0.39 is 83.9 Å². The van der Waals surface area contributed by atoms with E-state index in [9.17, 15) is 59.2 Å². The van der Waals surface area contributed by atoms with Crippen molar-refractivity contribution in [1.82, 2.24) is 0 Å². The molecular formula is C16H11N3O13S3. The van der Waals surface area contributed by atoms with E-state index >= 15 is 0 Å². The molecule has 0 unspecified atom stereocenters. The second-order valence-corrected chi connectivity index (χ2v) is 10.8. The number of nitro benzene ring substituents is 1. The molecule has 0 spiro atoms. The van der Waals surface area contributed by atoms with Gasteiger partial charge in [0, 0.05) is 17.5 Å². The van der Waals surface area contributed by atoms with Gasteiger partial charge in [0.15, 0.2) is 11.5 Å². The lowest BCUT2D eigenvalue weighted by molar-refractivity contribution is -0.385.